The van der Waals surface area contributed by atoms with Gasteiger partial charge in [-0.2, -0.15) is 5.10 Å². The first-order valence-electron chi connectivity index (χ1n) is 14.1. The Labute approximate surface area is 242 Å². The maximum atomic E-state index is 13.5. The topological polar surface area (TPSA) is 94.9 Å². The third-order valence-corrected chi connectivity index (χ3v) is 7.49. The van der Waals surface area contributed by atoms with Crippen molar-refractivity contribution in [1.29, 1.82) is 0 Å². The van der Waals surface area contributed by atoms with Gasteiger partial charge in [-0.3, -0.25) is 4.79 Å². The Bertz CT molecular complexity index is 1380. The molecule has 0 saturated carbocycles. The van der Waals surface area contributed by atoms with E-state index in [0.717, 1.165) is 34.0 Å². The summed E-state index contributed by atoms with van der Waals surface area (Å²) in [6.07, 6.45) is 3.38. The van der Waals surface area contributed by atoms with Gasteiger partial charge in [-0.1, -0.05) is 12.1 Å². The molecule has 1 N–H and O–H groups in total. The second kappa shape index (κ2) is 12.7. The summed E-state index contributed by atoms with van der Waals surface area (Å²) >= 11 is 0. The fourth-order valence-electron chi connectivity index (χ4n) is 5.12. The van der Waals surface area contributed by atoms with Gasteiger partial charge < -0.3 is 24.4 Å². The van der Waals surface area contributed by atoms with E-state index in [1.54, 1.807) is 25.3 Å². The van der Waals surface area contributed by atoms with Crippen molar-refractivity contribution in [2.45, 2.75) is 65.4 Å². The Morgan fingerprint density at radius 3 is 2.37 bits per heavy atom. The molecular formula is C32H42N4O5. The summed E-state index contributed by atoms with van der Waals surface area (Å²) in [6, 6.07) is 11.9. The third-order valence-electron chi connectivity index (χ3n) is 7.49. The minimum absolute atomic E-state index is 0.0558. The lowest BCUT2D eigenvalue weighted by Gasteiger charge is -2.34. The number of benzene rings is 2. The van der Waals surface area contributed by atoms with Gasteiger partial charge >= 0.3 is 6.09 Å². The molecule has 41 heavy (non-hydrogen) atoms. The van der Waals surface area contributed by atoms with E-state index in [1.165, 1.54) is 5.56 Å². The van der Waals surface area contributed by atoms with E-state index >= 15 is 0 Å². The third kappa shape index (κ3) is 7.20. The van der Waals surface area contributed by atoms with E-state index in [1.807, 2.05) is 49.7 Å². The second-order valence-electron chi connectivity index (χ2n) is 11.5. The highest BCUT2D eigenvalue weighted by Crippen LogP contribution is 2.33. The number of hydrogen-bond donors (Lipinski definition) is 1. The molecule has 1 saturated heterocycles. The van der Waals surface area contributed by atoms with Crippen LogP contribution in [0.1, 0.15) is 72.3 Å². The molecule has 1 fully saturated rings. The van der Waals surface area contributed by atoms with Crippen LogP contribution in [-0.2, 0) is 11.2 Å². The minimum atomic E-state index is -0.545. The average molecular weight is 563 g/mol. The summed E-state index contributed by atoms with van der Waals surface area (Å²) < 4.78 is 18.3. The normalized spacial score (nSPS) is 14.1. The Morgan fingerprint density at radius 2 is 1.73 bits per heavy atom. The summed E-state index contributed by atoms with van der Waals surface area (Å²) in [5, 5.41) is 7.77. The van der Waals surface area contributed by atoms with Crippen LogP contribution in [0.15, 0.2) is 42.6 Å². The number of aryl methyl sites for hydroxylation is 2. The maximum Gasteiger partial charge on any atom is 0.410 e. The van der Waals surface area contributed by atoms with E-state index in [4.69, 9.17) is 14.2 Å². The van der Waals surface area contributed by atoms with Crippen molar-refractivity contribution >= 4 is 12.0 Å². The molecule has 1 aromatic heterocycles. The SMILES string of the molecule is COc1ccc(CCNC(=O)c2cnn(-c3ccc(C)c(C)c3)c2C2CCN(C(=O)OC(C)(C)C)CC2)c(OC)c1. The van der Waals surface area contributed by atoms with Gasteiger partial charge in [-0.25, -0.2) is 9.48 Å². The van der Waals surface area contributed by atoms with Crippen molar-refractivity contribution in [3.63, 3.8) is 0 Å². The van der Waals surface area contributed by atoms with Gasteiger partial charge in [0.2, 0.25) is 0 Å². The predicted molar refractivity (Wildman–Crippen MR) is 158 cm³/mol. The van der Waals surface area contributed by atoms with Crippen LogP contribution in [0.4, 0.5) is 4.79 Å². The molecule has 0 spiro atoms. The summed E-state index contributed by atoms with van der Waals surface area (Å²) in [4.78, 5) is 28.0. The Balaban J connectivity index is 1.54. The van der Waals surface area contributed by atoms with Crippen molar-refractivity contribution in [3.05, 3.63) is 70.5 Å². The summed E-state index contributed by atoms with van der Waals surface area (Å²) in [7, 11) is 3.24. The largest absolute Gasteiger partial charge is 0.497 e. The van der Waals surface area contributed by atoms with Crippen LogP contribution in [0.3, 0.4) is 0 Å². The number of carbonyl (C=O) groups is 2. The Morgan fingerprint density at radius 1 is 1.00 bits per heavy atom. The highest BCUT2D eigenvalue weighted by Gasteiger charge is 2.32. The standard InChI is InChI=1S/C32H42N4O5/c1-21-8-10-25(18-22(21)2)36-29(24-13-16-35(17-14-24)31(38)41-32(3,4)5)27(20-34-36)30(37)33-15-12-23-9-11-26(39-6)19-28(23)40-7/h8-11,18-20,24H,12-17H2,1-7H3,(H,33,37). The average Bonchev–Trinajstić information content (AvgIpc) is 3.39. The molecule has 4 rings (SSSR count). The molecule has 2 amide bonds. The van der Waals surface area contributed by atoms with Gasteiger partial charge in [-0.05, 0) is 88.8 Å². The van der Waals surface area contributed by atoms with E-state index in [2.05, 4.69) is 36.4 Å². The molecule has 3 aromatic rings. The molecule has 0 aliphatic carbocycles. The molecule has 9 nitrogen and oxygen atoms in total. The van der Waals surface area contributed by atoms with Crippen LogP contribution < -0.4 is 14.8 Å². The molecular weight excluding hydrogens is 520 g/mol. The number of rotatable bonds is 8. The van der Waals surface area contributed by atoms with Crippen molar-refractivity contribution in [3.8, 4) is 17.2 Å². The lowest BCUT2D eigenvalue weighted by molar-refractivity contribution is 0.0203. The first-order valence-corrected chi connectivity index (χ1v) is 14.1. The zero-order valence-electron chi connectivity index (χ0n) is 25.2. The number of carbonyl (C=O) groups excluding carboxylic acids is 2. The summed E-state index contributed by atoms with van der Waals surface area (Å²) in [6.45, 7) is 11.3. The van der Waals surface area contributed by atoms with Gasteiger partial charge in [-0.15, -0.1) is 0 Å². The zero-order valence-corrected chi connectivity index (χ0v) is 25.2. The van der Waals surface area contributed by atoms with Crippen molar-refractivity contribution < 1.29 is 23.8 Å². The molecule has 2 heterocycles. The van der Waals surface area contributed by atoms with Crippen molar-refractivity contribution in [2.75, 3.05) is 33.9 Å². The molecule has 0 unspecified atom stereocenters. The van der Waals surface area contributed by atoms with Gasteiger partial charge in [0.05, 0.1) is 37.4 Å². The molecule has 1 aliphatic heterocycles. The smallest absolute Gasteiger partial charge is 0.410 e. The van der Waals surface area contributed by atoms with Gasteiger partial charge in [0.25, 0.3) is 5.91 Å². The van der Waals surface area contributed by atoms with Crippen LogP contribution in [-0.4, -0.2) is 66.1 Å². The second-order valence-corrected chi connectivity index (χ2v) is 11.5. The fraction of sp³-hybridized carbons (Fsp3) is 0.469. The van der Waals surface area contributed by atoms with Crippen LogP contribution in [0.5, 0.6) is 11.5 Å². The minimum Gasteiger partial charge on any atom is -0.497 e. The highest BCUT2D eigenvalue weighted by atomic mass is 16.6. The van der Waals surface area contributed by atoms with Crippen molar-refractivity contribution in [1.82, 2.24) is 20.0 Å². The number of nitrogens with zero attached hydrogens (tertiary/aromatic N) is 3. The molecule has 0 bridgehead atoms. The van der Waals surface area contributed by atoms with Gasteiger partial charge in [0.1, 0.15) is 17.1 Å². The monoisotopic (exact) mass is 562 g/mol. The summed E-state index contributed by atoms with van der Waals surface area (Å²) in [5.74, 6) is 1.33. The van der Waals surface area contributed by atoms with Crippen LogP contribution in [0, 0.1) is 13.8 Å². The molecule has 0 radical (unpaired) electrons. The lowest BCUT2D eigenvalue weighted by Crippen LogP contribution is -2.41. The van der Waals surface area contributed by atoms with E-state index in [9.17, 15) is 9.59 Å². The molecule has 0 atom stereocenters. The van der Waals surface area contributed by atoms with Crippen LogP contribution >= 0.6 is 0 Å². The number of methoxy groups -OCH3 is 2. The first-order chi connectivity index (χ1) is 19.5. The quantitative estimate of drug-likeness (QED) is 0.384. The number of piperidine rings is 1. The zero-order chi connectivity index (χ0) is 29.7. The van der Waals surface area contributed by atoms with Crippen LogP contribution in [0.2, 0.25) is 0 Å². The number of nitrogens with one attached hydrogen (secondary N) is 1. The number of aromatic nitrogens is 2. The fourth-order valence-corrected chi connectivity index (χ4v) is 5.12. The Hall–Kier alpha value is -4.01. The highest BCUT2D eigenvalue weighted by molar-refractivity contribution is 5.95. The molecule has 1 aliphatic rings. The maximum absolute atomic E-state index is 13.5. The molecule has 2 aromatic carbocycles. The van der Waals surface area contributed by atoms with Gasteiger partial charge in [0, 0.05) is 31.6 Å². The van der Waals surface area contributed by atoms with E-state index < -0.39 is 5.60 Å². The van der Waals surface area contributed by atoms with E-state index in [-0.39, 0.29) is 17.9 Å². The molecule has 9 heteroatoms. The van der Waals surface area contributed by atoms with Crippen molar-refractivity contribution in [2.24, 2.45) is 0 Å². The number of amides is 2. The van der Waals surface area contributed by atoms with Gasteiger partial charge in [0.15, 0.2) is 0 Å². The predicted octanol–water partition coefficient (Wildman–Crippen LogP) is 5.59. The number of likely N-dealkylation sites (tertiary alicyclic amines) is 1. The lowest BCUT2D eigenvalue weighted by atomic mass is 9.90. The number of ether oxygens (including phenoxy) is 3. The van der Waals surface area contributed by atoms with E-state index in [0.29, 0.717) is 44.5 Å². The van der Waals surface area contributed by atoms with Crippen LogP contribution in [0.25, 0.3) is 5.69 Å². The number of hydrogen-bond acceptors (Lipinski definition) is 6. The Kier molecular flexibility index (Phi) is 9.25. The molecule has 220 valence electrons. The first kappa shape index (κ1) is 30.0. The summed E-state index contributed by atoms with van der Waals surface area (Å²) in [5.41, 5.74) is 5.13.